The largest absolute Gasteiger partial charge is 0.293 e. The lowest BCUT2D eigenvalue weighted by molar-refractivity contribution is 0.0982. The highest BCUT2D eigenvalue weighted by molar-refractivity contribution is 9.10. The van der Waals surface area contributed by atoms with E-state index in [1.807, 2.05) is 13.8 Å². The van der Waals surface area contributed by atoms with Crippen molar-refractivity contribution in [1.82, 2.24) is 0 Å². The Labute approximate surface area is 152 Å². The summed E-state index contributed by atoms with van der Waals surface area (Å²) in [4.78, 5) is 13.2. The second kappa shape index (κ2) is 8.08. The van der Waals surface area contributed by atoms with Gasteiger partial charge >= 0.3 is 0 Å². The molecular formula is C19H21BrO3S. The highest BCUT2D eigenvalue weighted by Gasteiger charge is 2.34. The highest BCUT2D eigenvalue weighted by Crippen LogP contribution is 2.26. The van der Waals surface area contributed by atoms with Crippen molar-refractivity contribution in [2.75, 3.05) is 0 Å². The van der Waals surface area contributed by atoms with Crippen LogP contribution < -0.4 is 0 Å². The summed E-state index contributed by atoms with van der Waals surface area (Å²) >= 11 is 3.35. The van der Waals surface area contributed by atoms with Crippen LogP contribution in [0.1, 0.15) is 42.1 Å². The molecule has 1 unspecified atom stereocenters. The van der Waals surface area contributed by atoms with E-state index in [0.29, 0.717) is 22.9 Å². The van der Waals surface area contributed by atoms with Crippen LogP contribution in [0.25, 0.3) is 0 Å². The first-order valence-electron chi connectivity index (χ1n) is 7.97. The molecule has 2 rings (SSSR count). The lowest BCUT2D eigenvalue weighted by atomic mass is 10.0. The number of carbonyl (C=O) groups is 1. The van der Waals surface area contributed by atoms with E-state index in [2.05, 4.69) is 15.9 Å². The van der Waals surface area contributed by atoms with Gasteiger partial charge in [0, 0.05) is 10.0 Å². The van der Waals surface area contributed by atoms with Gasteiger partial charge in [0.15, 0.2) is 15.6 Å². The molecule has 0 bridgehead atoms. The molecule has 2 aromatic rings. The van der Waals surface area contributed by atoms with Crippen molar-refractivity contribution < 1.29 is 13.2 Å². The Kier molecular flexibility index (Phi) is 6.35. The molecule has 0 radical (unpaired) electrons. The van der Waals surface area contributed by atoms with Crippen LogP contribution in [0.15, 0.2) is 57.9 Å². The van der Waals surface area contributed by atoms with E-state index >= 15 is 0 Å². The van der Waals surface area contributed by atoms with Gasteiger partial charge in [-0.25, -0.2) is 8.42 Å². The maximum atomic E-state index is 13.0. The van der Waals surface area contributed by atoms with Crippen LogP contribution in [0.3, 0.4) is 0 Å². The maximum absolute atomic E-state index is 13.0. The summed E-state index contributed by atoms with van der Waals surface area (Å²) in [6, 6.07) is 13.6. The van der Waals surface area contributed by atoms with E-state index < -0.39 is 15.1 Å². The predicted molar refractivity (Wildman–Crippen MR) is 100 cm³/mol. The summed E-state index contributed by atoms with van der Waals surface area (Å²) in [6.07, 6.45) is 1.85. The van der Waals surface area contributed by atoms with Gasteiger partial charge in [0.1, 0.15) is 5.25 Å². The lowest BCUT2D eigenvalue weighted by Gasteiger charge is -2.17. The molecule has 5 heteroatoms. The Morgan fingerprint density at radius 2 is 1.71 bits per heavy atom. The van der Waals surface area contributed by atoms with Crippen molar-refractivity contribution in [3.63, 3.8) is 0 Å². The molecule has 0 aliphatic carbocycles. The Morgan fingerprint density at radius 1 is 1.08 bits per heavy atom. The molecule has 0 spiro atoms. The molecule has 0 fully saturated rings. The minimum absolute atomic E-state index is 0.203. The average molecular weight is 409 g/mol. The fraction of sp³-hybridized carbons (Fsp3) is 0.316. The standard InChI is InChI=1S/C19H21BrO3S/c1-3-4-9-18(19(21)16-7-5-6-8-17(16)20)24(22,23)15-12-10-14(2)11-13-15/h5-8,10-13,18H,3-4,9H2,1-2H3. The normalized spacial score (nSPS) is 12.8. The quantitative estimate of drug-likeness (QED) is 0.607. The molecular weight excluding hydrogens is 388 g/mol. The molecule has 0 N–H and O–H groups in total. The fourth-order valence-electron chi connectivity index (χ4n) is 2.54. The average Bonchev–Trinajstić information content (AvgIpc) is 2.55. The van der Waals surface area contributed by atoms with E-state index in [0.717, 1.165) is 12.0 Å². The van der Waals surface area contributed by atoms with Crippen molar-refractivity contribution in [3.8, 4) is 0 Å². The number of carbonyl (C=O) groups excluding carboxylic acids is 1. The molecule has 1 atom stereocenters. The van der Waals surface area contributed by atoms with E-state index in [1.54, 1.807) is 48.5 Å². The number of benzene rings is 2. The third-order valence-electron chi connectivity index (χ3n) is 3.98. The zero-order valence-electron chi connectivity index (χ0n) is 13.8. The molecule has 128 valence electrons. The molecule has 0 saturated heterocycles. The first-order chi connectivity index (χ1) is 11.4. The minimum Gasteiger partial charge on any atom is -0.293 e. The molecule has 0 aromatic heterocycles. The number of unbranched alkanes of at least 4 members (excludes halogenated alkanes) is 1. The Morgan fingerprint density at radius 3 is 2.29 bits per heavy atom. The van der Waals surface area contributed by atoms with E-state index in [9.17, 15) is 13.2 Å². The third-order valence-corrected chi connectivity index (χ3v) is 6.80. The second-order valence-corrected chi connectivity index (χ2v) is 8.82. The van der Waals surface area contributed by atoms with Gasteiger partial charge in [-0.2, -0.15) is 0 Å². The predicted octanol–water partition coefficient (Wildman–Crippen LogP) is 4.97. The van der Waals surface area contributed by atoms with Crippen LogP contribution in [0.4, 0.5) is 0 Å². The van der Waals surface area contributed by atoms with Crippen molar-refractivity contribution in [3.05, 3.63) is 64.1 Å². The molecule has 0 aliphatic heterocycles. The monoisotopic (exact) mass is 408 g/mol. The molecule has 2 aromatic carbocycles. The summed E-state index contributed by atoms with van der Waals surface area (Å²) in [5, 5.41) is -1.06. The molecule has 24 heavy (non-hydrogen) atoms. The number of sulfone groups is 1. The van der Waals surface area contributed by atoms with Crippen LogP contribution in [-0.2, 0) is 9.84 Å². The van der Waals surface area contributed by atoms with E-state index in [-0.39, 0.29) is 10.7 Å². The summed E-state index contributed by atoms with van der Waals surface area (Å²) in [5.41, 5.74) is 1.39. The SMILES string of the molecule is CCCCC(C(=O)c1ccccc1Br)S(=O)(=O)c1ccc(C)cc1. The van der Waals surface area contributed by atoms with Crippen LogP contribution in [0, 0.1) is 6.92 Å². The van der Waals surface area contributed by atoms with Crippen molar-refractivity contribution in [2.45, 2.75) is 43.3 Å². The number of hydrogen-bond donors (Lipinski definition) is 0. The minimum atomic E-state index is -3.72. The number of halogens is 1. The number of rotatable bonds is 7. The summed E-state index contributed by atoms with van der Waals surface area (Å²) in [5.74, 6) is -0.350. The highest BCUT2D eigenvalue weighted by atomic mass is 79.9. The van der Waals surface area contributed by atoms with Crippen molar-refractivity contribution in [2.24, 2.45) is 0 Å². The van der Waals surface area contributed by atoms with E-state index in [4.69, 9.17) is 0 Å². The summed E-state index contributed by atoms with van der Waals surface area (Å²) in [6.45, 7) is 3.88. The maximum Gasteiger partial charge on any atom is 0.188 e. The lowest BCUT2D eigenvalue weighted by Crippen LogP contribution is -2.31. The zero-order chi connectivity index (χ0) is 17.7. The third kappa shape index (κ3) is 4.14. The van der Waals surface area contributed by atoms with Gasteiger partial charge in [-0.05, 0) is 31.5 Å². The Hall–Kier alpha value is -1.46. The fourth-order valence-corrected chi connectivity index (χ4v) is 4.75. The van der Waals surface area contributed by atoms with Gasteiger partial charge in [0.2, 0.25) is 0 Å². The van der Waals surface area contributed by atoms with Crippen LogP contribution in [0.5, 0.6) is 0 Å². The Bertz CT molecular complexity index is 811. The van der Waals surface area contributed by atoms with Gasteiger partial charge in [0.25, 0.3) is 0 Å². The first-order valence-corrected chi connectivity index (χ1v) is 10.3. The zero-order valence-corrected chi connectivity index (χ0v) is 16.2. The topological polar surface area (TPSA) is 51.2 Å². The molecule has 0 saturated carbocycles. The van der Waals surface area contributed by atoms with Crippen LogP contribution >= 0.6 is 15.9 Å². The number of hydrogen-bond acceptors (Lipinski definition) is 3. The molecule has 0 amide bonds. The smallest absolute Gasteiger partial charge is 0.188 e. The van der Waals surface area contributed by atoms with Crippen LogP contribution in [-0.4, -0.2) is 19.5 Å². The van der Waals surface area contributed by atoms with Crippen LogP contribution in [0.2, 0.25) is 0 Å². The number of ketones is 1. The number of aryl methyl sites for hydroxylation is 1. The first kappa shape index (κ1) is 18.9. The second-order valence-electron chi connectivity index (χ2n) is 5.83. The Balaban J connectivity index is 2.46. The summed E-state index contributed by atoms with van der Waals surface area (Å²) < 4.78 is 26.7. The van der Waals surface area contributed by atoms with Gasteiger partial charge in [-0.1, -0.05) is 71.6 Å². The van der Waals surface area contributed by atoms with E-state index in [1.165, 1.54) is 0 Å². The molecule has 0 heterocycles. The van der Waals surface area contributed by atoms with Crippen molar-refractivity contribution >= 4 is 31.6 Å². The summed E-state index contributed by atoms with van der Waals surface area (Å²) in [7, 11) is -3.72. The van der Waals surface area contributed by atoms with Gasteiger partial charge in [-0.3, -0.25) is 4.79 Å². The van der Waals surface area contributed by atoms with Crippen molar-refractivity contribution in [1.29, 1.82) is 0 Å². The molecule has 3 nitrogen and oxygen atoms in total. The van der Waals surface area contributed by atoms with Gasteiger partial charge in [0.05, 0.1) is 4.90 Å². The van der Waals surface area contributed by atoms with Gasteiger partial charge < -0.3 is 0 Å². The number of Topliss-reactive ketones (excluding diaryl/α,β-unsaturated/α-hetero) is 1. The molecule has 0 aliphatic rings. The van der Waals surface area contributed by atoms with Gasteiger partial charge in [-0.15, -0.1) is 0 Å².